The quantitative estimate of drug-likeness (QED) is 0.778. The Morgan fingerprint density at radius 2 is 2.27 bits per heavy atom. The molecule has 1 aromatic rings. The fourth-order valence-corrected chi connectivity index (χ4v) is 1.79. The lowest BCUT2D eigenvalue weighted by molar-refractivity contribution is -0.174. The molecule has 0 radical (unpaired) electrons. The van der Waals surface area contributed by atoms with Crippen LogP contribution in [0.2, 0.25) is 0 Å². The van der Waals surface area contributed by atoms with E-state index in [2.05, 4.69) is 0 Å². The van der Waals surface area contributed by atoms with Crippen molar-refractivity contribution in [2.45, 2.75) is 18.8 Å². The normalized spacial score (nSPS) is 24.6. The molecule has 1 aliphatic heterocycles. The first-order valence-corrected chi connectivity index (χ1v) is 4.77. The largest absolute Gasteiger partial charge is 0.367 e. The summed E-state index contributed by atoms with van der Waals surface area (Å²) in [5.74, 6) is -0.482. The molecule has 2 rings (SSSR count). The number of carbonyl (C=O) groups is 1. The van der Waals surface area contributed by atoms with Crippen LogP contribution in [0.5, 0.6) is 0 Å². The van der Waals surface area contributed by atoms with Crippen molar-refractivity contribution in [3.05, 3.63) is 35.4 Å². The molecule has 2 atom stereocenters. The van der Waals surface area contributed by atoms with E-state index in [0.717, 1.165) is 11.1 Å². The Hall–Kier alpha value is -1.39. The van der Waals surface area contributed by atoms with E-state index >= 15 is 0 Å². The van der Waals surface area contributed by atoms with Gasteiger partial charge >= 0.3 is 0 Å². The maximum atomic E-state index is 11.2. The standard InChI is InChI=1S/C11H13NO3/c1-14-9-6-7-4-2-3-5-8(7)10(15-9)11(12)13/h2-5,9-10H,6H2,1H3,(H2,12,13). The van der Waals surface area contributed by atoms with Gasteiger partial charge in [-0.1, -0.05) is 24.3 Å². The fourth-order valence-electron chi connectivity index (χ4n) is 1.79. The highest BCUT2D eigenvalue weighted by Crippen LogP contribution is 2.29. The maximum absolute atomic E-state index is 11.2. The van der Waals surface area contributed by atoms with E-state index in [0.29, 0.717) is 6.42 Å². The second-order valence-corrected chi connectivity index (χ2v) is 3.49. The van der Waals surface area contributed by atoms with Crippen LogP contribution in [0.25, 0.3) is 0 Å². The molecule has 1 amide bonds. The second-order valence-electron chi connectivity index (χ2n) is 3.49. The van der Waals surface area contributed by atoms with Crippen LogP contribution in [0.15, 0.2) is 24.3 Å². The summed E-state index contributed by atoms with van der Waals surface area (Å²) in [5, 5.41) is 0. The number of ether oxygens (including phenoxy) is 2. The van der Waals surface area contributed by atoms with E-state index in [9.17, 15) is 4.79 Å². The number of rotatable bonds is 2. The summed E-state index contributed by atoms with van der Waals surface area (Å²) < 4.78 is 10.5. The smallest absolute Gasteiger partial charge is 0.251 e. The Kier molecular flexibility index (Phi) is 2.70. The van der Waals surface area contributed by atoms with Crippen molar-refractivity contribution in [1.29, 1.82) is 0 Å². The lowest BCUT2D eigenvalue weighted by Gasteiger charge is -2.29. The molecule has 0 bridgehead atoms. The summed E-state index contributed by atoms with van der Waals surface area (Å²) >= 11 is 0. The van der Waals surface area contributed by atoms with E-state index < -0.39 is 18.3 Å². The molecule has 0 saturated carbocycles. The highest BCUT2D eigenvalue weighted by molar-refractivity contribution is 5.81. The van der Waals surface area contributed by atoms with Gasteiger partial charge in [-0.15, -0.1) is 0 Å². The Morgan fingerprint density at radius 1 is 1.53 bits per heavy atom. The van der Waals surface area contributed by atoms with Crippen molar-refractivity contribution >= 4 is 5.91 Å². The van der Waals surface area contributed by atoms with Gasteiger partial charge in [0, 0.05) is 13.5 Å². The van der Waals surface area contributed by atoms with Gasteiger partial charge in [0.2, 0.25) is 0 Å². The number of benzene rings is 1. The Bertz CT molecular complexity index is 378. The predicted octanol–water partition coefficient (Wildman–Crippen LogP) is 0.758. The average Bonchev–Trinajstić information content (AvgIpc) is 2.27. The van der Waals surface area contributed by atoms with Crippen LogP contribution in [-0.2, 0) is 20.7 Å². The fraction of sp³-hybridized carbons (Fsp3) is 0.364. The van der Waals surface area contributed by atoms with Gasteiger partial charge in [0.05, 0.1) is 0 Å². The van der Waals surface area contributed by atoms with Gasteiger partial charge in [-0.05, 0) is 11.1 Å². The zero-order chi connectivity index (χ0) is 10.8. The van der Waals surface area contributed by atoms with Crippen molar-refractivity contribution < 1.29 is 14.3 Å². The van der Waals surface area contributed by atoms with Gasteiger partial charge in [-0.3, -0.25) is 4.79 Å². The molecule has 0 fully saturated rings. The van der Waals surface area contributed by atoms with E-state index in [1.807, 2.05) is 24.3 Å². The molecule has 0 spiro atoms. The van der Waals surface area contributed by atoms with Gasteiger partial charge in [-0.25, -0.2) is 0 Å². The first-order chi connectivity index (χ1) is 7.22. The topological polar surface area (TPSA) is 61.5 Å². The van der Waals surface area contributed by atoms with Gasteiger partial charge < -0.3 is 15.2 Å². The highest BCUT2D eigenvalue weighted by atomic mass is 16.7. The Labute approximate surface area is 88.0 Å². The van der Waals surface area contributed by atoms with E-state index in [1.54, 1.807) is 7.11 Å². The first kappa shape index (κ1) is 10.1. The minimum Gasteiger partial charge on any atom is -0.367 e. The number of hydrogen-bond donors (Lipinski definition) is 1. The average molecular weight is 207 g/mol. The maximum Gasteiger partial charge on any atom is 0.251 e. The molecule has 0 saturated heterocycles. The molecular weight excluding hydrogens is 194 g/mol. The van der Waals surface area contributed by atoms with Gasteiger partial charge in [0.25, 0.3) is 5.91 Å². The molecule has 4 heteroatoms. The second kappa shape index (κ2) is 4.00. The monoisotopic (exact) mass is 207 g/mol. The zero-order valence-electron chi connectivity index (χ0n) is 8.47. The van der Waals surface area contributed by atoms with Gasteiger partial charge in [0.15, 0.2) is 12.4 Å². The van der Waals surface area contributed by atoms with Gasteiger partial charge in [-0.2, -0.15) is 0 Å². The molecular formula is C11H13NO3. The van der Waals surface area contributed by atoms with Crippen molar-refractivity contribution in [2.75, 3.05) is 7.11 Å². The zero-order valence-corrected chi connectivity index (χ0v) is 8.47. The summed E-state index contributed by atoms with van der Waals surface area (Å²) in [4.78, 5) is 11.2. The molecule has 2 unspecified atom stereocenters. The Morgan fingerprint density at radius 3 is 2.93 bits per heavy atom. The van der Waals surface area contributed by atoms with Gasteiger partial charge in [0.1, 0.15) is 0 Å². The molecule has 15 heavy (non-hydrogen) atoms. The molecule has 1 heterocycles. The SMILES string of the molecule is COC1Cc2ccccc2C(C(N)=O)O1. The summed E-state index contributed by atoms with van der Waals surface area (Å²) in [5.41, 5.74) is 7.18. The van der Waals surface area contributed by atoms with Crippen LogP contribution in [0.4, 0.5) is 0 Å². The van der Waals surface area contributed by atoms with Crippen molar-refractivity contribution in [1.82, 2.24) is 0 Å². The summed E-state index contributed by atoms with van der Waals surface area (Å²) in [6, 6.07) is 7.61. The summed E-state index contributed by atoms with van der Waals surface area (Å²) in [6.45, 7) is 0. The van der Waals surface area contributed by atoms with E-state index in [-0.39, 0.29) is 0 Å². The summed E-state index contributed by atoms with van der Waals surface area (Å²) in [6.07, 6.45) is -0.437. The number of methoxy groups -OCH3 is 1. The number of carbonyl (C=O) groups excluding carboxylic acids is 1. The molecule has 4 nitrogen and oxygen atoms in total. The van der Waals surface area contributed by atoms with Crippen LogP contribution >= 0.6 is 0 Å². The molecule has 80 valence electrons. The van der Waals surface area contributed by atoms with Crippen LogP contribution < -0.4 is 5.73 Å². The minimum atomic E-state index is -0.695. The third kappa shape index (κ3) is 1.86. The number of nitrogens with two attached hydrogens (primary N) is 1. The van der Waals surface area contributed by atoms with Crippen molar-refractivity contribution in [2.24, 2.45) is 5.73 Å². The molecule has 0 aliphatic carbocycles. The molecule has 0 aromatic heterocycles. The highest BCUT2D eigenvalue weighted by Gasteiger charge is 2.30. The van der Waals surface area contributed by atoms with Crippen LogP contribution in [-0.4, -0.2) is 19.3 Å². The number of primary amides is 1. The van der Waals surface area contributed by atoms with E-state index in [1.165, 1.54) is 0 Å². The minimum absolute atomic E-state index is 0.391. The number of hydrogen-bond acceptors (Lipinski definition) is 3. The molecule has 1 aliphatic rings. The lowest BCUT2D eigenvalue weighted by atomic mass is 9.96. The molecule has 1 aromatic carbocycles. The Balaban J connectivity index is 2.38. The van der Waals surface area contributed by atoms with Crippen LogP contribution in [0, 0.1) is 0 Å². The van der Waals surface area contributed by atoms with Crippen LogP contribution in [0.3, 0.4) is 0 Å². The first-order valence-electron chi connectivity index (χ1n) is 4.77. The predicted molar refractivity (Wildman–Crippen MR) is 54.0 cm³/mol. The molecule has 2 N–H and O–H groups in total. The van der Waals surface area contributed by atoms with Crippen molar-refractivity contribution in [3.63, 3.8) is 0 Å². The third-order valence-electron chi connectivity index (χ3n) is 2.53. The van der Waals surface area contributed by atoms with Crippen molar-refractivity contribution in [3.8, 4) is 0 Å². The number of amides is 1. The third-order valence-corrected chi connectivity index (χ3v) is 2.53. The number of fused-ring (bicyclic) bond motifs is 1. The van der Waals surface area contributed by atoms with E-state index in [4.69, 9.17) is 15.2 Å². The van der Waals surface area contributed by atoms with Crippen LogP contribution in [0.1, 0.15) is 17.2 Å². The lowest BCUT2D eigenvalue weighted by Crippen LogP contribution is -2.34. The summed E-state index contributed by atoms with van der Waals surface area (Å²) in [7, 11) is 1.55.